The van der Waals surface area contributed by atoms with Crippen LogP contribution in [0.3, 0.4) is 0 Å². The fourth-order valence-corrected chi connectivity index (χ4v) is 4.90. The molecule has 0 saturated heterocycles. The number of nitrogens with zero attached hydrogens (tertiary/aromatic N) is 2. The number of rotatable bonds is 13. The maximum Gasteiger partial charge on any atom is 0.341 e. The number of carbonyl (C=O) groups is 1. The number of hydrogen-bond donors (Lipinski definition) is 0. The van der Waals surface area contributed by atoms with E-state index in [1.807, 2.05) is 12.4 Å². The number of ether oxygens (including phenoxy) is 1. The molecular formula is C29H41FN2O2. The molecule has 1 aliphatic rings. The van der Waals surface area contributed by atoms with Crippen molar-refractivity contribution in [2.45, 2.75) is 110 Å². The van der Waals surface area contributed by atoms with Crippen molar-refractivity contribution in [3.8, 4) is 11.4 Å². The van der Waals surface area contributed by atoms with E-state index in [0.717, 1.165) is 50.0 Å². The summed E-state index contributed by atoms with van der Waals surface area (Å²) in [5.74, 6) is 0.0427. The van der Waals surface area contributed by atoms with Gasteiger partial charge in [-0.25, -0.2) is 19.2 Å². The smallest absolute Gasteiger partial charge is 0.341 e. The molecular weight excluding hydrogens is 427 g/mol. The van der Waals surface area contributed by atoms with Crippen LogP contribution in [0.25, 0.3) is 11.4 Å². The van der Waals surface area contributed by atoms with Gasteiger partial charge in [-0.05, 0) is 62.1 Å². The molecule has 1 saturated carbocycles. The van der Waals surface area contributed by atoms with Gasteiger partial charge in [0.15, 0.2) is 5.82 Å². The Morgan fingerprint density at radius 2 is 1.62 bits per heavy atom. The third kappa shape index (κ3) is 8.18. The Balaban J connectivity index is 1.48. The standard InChI is InChI=1S/C29H41FN2O2/c1-3-5-6-7-8-9-10-12-23-20-31-28(32-21-23)24-15-18-26(27(30)19-24)29(33)34-25-16-13-22(11-4-2)14-17-25/h15,18-22,25H,3-14,16-17H2,1-2H3/t22-,25-. The van der Waals surface area contributed by atoms with Gasteiger partial charge in [-0.2, -0.15) is 0 Å². The van der Waals surface area contributed by atoms with Gasteiger partial charge >= 0.3 is 5.97 Å². The maximum atomic E-state index is 14.7. The minimum Gasteiger partial charge on any atom is -0.459 e. The van der Waals surface area contributed by atoms with Gasteiger partial charge < -0.3 is 4.74 Å². The molecule has 1 heterocycles. The zero-order valence-electron chi connectivity index (χ0n) is 21.0. The molecule has 34 heavy (non-hydrogen) atoms. The highest BCUT2D eigenvalue weighted by Crippen LogP contribution is 2.30. The lowest BCUT2D eigenvalue weighted by molar-refractivity contribution is 0.0157. The van der Waals surface area contributed by atoms with Crippen LogP contribution in [-0.4, -0.2) is 22.0 Å². The topological polar surface area (TPSA) is 52.1 Å². The normalized spacial score (nSPS) is 18.1. The van der Waals surface area contributed by atoms with Crippen LogP contribution < -0.4 is 0 Å². The van der Waals surface area contributed by atoms with E-state index in [2.05, 4.69) is 23.8 Å². The van der Waals surface area contributed by atoms with Crippen molar-refractivity contribution in [3.63, 3.8) is 0 Å². The molecule has 3 rings (SSSR count). The number of esters is 1. The molecule has 0 N–H and O–H groups in total. The summed E-state index contributed by atoms with van der Waals surface area (Å²) in [4.78, 5) is 21.4. The molecule has 1 aliphatic carbocycles. The zero-order valence-corrected chi connectivity index (χ0v) is 21.0. The summed E-state index contributed by atoms with van der Waals surface area (Å²) in [5, 5.41) is 0. The van der Waals surface area contributed by atoms with Gasteiger partial charge in [0.05, 0.1) is 5.56 Å². The van der Waals surface area contributed by atoms with Crippen molar-refractivity contribution in [1.82, 2.24) is 9.97 Å². The SMILES string of the molecule is CCCCCCCCCc1cnc(-c2ccc(C(=O)O[C@H]3CC[C@H](CCC)CC3)c(F)c2)nc1. The number of hydrogen-bond acceptors (Lipinski definition) is 4. The highest BCUT2D eigenvalue weighted by molar-refractivity contribution is 5.90. The Hall–Kier alpha value is -2.30. The van der Waals surface area contributed by atoms with E-state index in [1.54, 1.807) is 6.07 Å². The summed E-state index contributed by atoms with van der Waals surface area (Å²) < 4.78 is 20.4. The van der Waals surface area contributed by atoms with Gasteiger partial charge in [0.25, 0.3) is 0 Å². The molecule has 0 aliphatic heterocycles. The summed E-state index contributed by atoms with van der Waals surface area (Å²) in [6, 6.07) is 4.52. The summed E-state index contributed by atoms with van der Waals surface area (Å²) in [7, 11) is 0. The molecule has 1 aromatic heterocycles. The van der Waals surface area contributed by atoms with Crippen molar-refractivity contribution in [2.24, 2.45) is 5.92 Å². The largest absolute Gasteiger partial charge is 0.459 e. The summed E-state index contributed by atoms with van der Waals surface area (Å²) in [6.07, 6.45) is 19.8. The monoisotopic (exact) mass is 468 g/mol. The summed E-state index contributed by atoms with van der Waals surface area (Å²) in [5.41, 5.74) is 1.65. The first-order valence-corrected chi connectivity index (χ1v) is 13.4. The Labute approximate surface area is 204 Å². The molecule has 0 amide bonds. The zero-order chi connectivity index (χ0) is 24.2. The van der Waals surface area contributed by atoms with E-state index >= 15 is 0 Å². The van der Waals surface area contributed by atoms with Crippen LogP contribution in [0.4, 0.5) is 4.39 Å². The second-order valence-electron chi connectivity index (χ2n) is 9.82. The van der Waals surface area contributed by atoms with Gasteiger partial charge in [-0.1, -0.05) is 71.3 Å². The number of unbranched alkanes of at least 4 members (excludes halogenated alkanes) is 6. The average Bonchev–Trinajstić information content (AvgIpc) is 2.85. The van der Waals surface area contributed by atoms with Gasteiger partial charge in [0.1, 0.15) is 11.9 Å². The Bertz CT molecular complexity index is 876. The van der Waals surface area contributed by atoms with Crippen LogP contribution in [0.1, 0.15) is 113 Å². The number of benzene rings is 1. The van der Waals surface area contributed by atoms with E-state index < -0.39 is 11.8 Å². The molecule has 0 atom stereocenters. The van der Waals surface area contributed by atoms with Gasteiger partial charge in [-0.3, -0.25) is 0 Å². The summed E-state index contributed by atoms with van der Waals surface area (Å²) >= 11 is 0. The first-order valence-electron chi connectivity index (χ1n) is 13.4. The second kappa shape index (κ2) is 14.2. The van der Waals surface area contributed by atoms with Crippen LogP contribution in [-0.2, 0) is 11.2 Å². The first-order chi connectivity index (χ1) is 16.6. The van der Waals surface area contributed by atoms with Crippen molar-refractivity contribution in [3.05, 3.63) is 47.5 Å². The quantitative estimate of drug-likeness (QED) is 0.220. The van der Waals surface area contributed by atoms with Crippen LogP contribution in [0.5, 0.6) is 0 Å². The van der Waals surface area contributed by atoms with Crippen molar-refractivity contribution in [1.29, 1.82) is 0 Å². The molecule has 0 radical (unpaired) electrons. The van der Waals surface area contributed by atoms with Crippen molar-refractivity contribution >= 4 is 5.97 Å². The lowest BCUT2D eigenvalue weighted by Gasteiger charge is -2.28. The number of aromatic nitrogens is 2. The molecule has 1 aromatic carbocycles. The average molecular weight is 469 g/mol. The van der Waals surface area contributed by atoms with E-state index in [0.29, 0.717) is 11.4 Å². The van der Waals surface area contributed by atoms with Crippen molar-refractivity contribution in [2.75, 3.05) is 0 Å². The summed E-state index contributed by atoms with van der Waals surface area (Å²) in [6.45, 7) is 4.44. The Morgan fingerprint density at radius 3 is 2.26 bits per heavy atom. The molecule has 0 bridgehead atoms. The second-order valence-corrected chi connectivity index (χ2v) is 9.82. The van der Waals surface area contributed by atoms with E-state index in [1.165, 1.54) is 63.5 Å². The third-order valence-corrected chi connectivity index (χ3v) is 6.99. The first kappa shape index (κ1) is 26.3. The fraction of sp³-hybridized carbons (Fsp3) is 0.621. The Kier molecular flexibility index (Phi) is 11.0. The molecule has 0 spiro atoms. The fourth-order valence-electron chi connectivity index (χ4n) is 4.90. The van der Waals surface area contributed by atoms with Crippen LogP contribution >= 0.6 is 0 Å². The Morgan fingerprint density at radius 1 is 0.941 bits per heavy atom. The number of aryl methyl sites for hydroxylation is 1. The van der Waals surface area contributed by atoms with Gasteiger partial charge in [0.2, 0.25) is 0 Å². The lowest BCUT2D eigenvalue weighted by Crippen LogP contribution is -2.25. The van der Waals surface area contributed by atoms with Gasteiger partial charge in [-0.15, -0.1) is 0 Å². The lowest BCUT2D eigenvalue weighted by atomic mass is 9.85. The predicted octanol–water partition coefficient (Wildman–Crippen LogP) is 8.09. The number of carbonyl (C=O) groups excluding carboxylic acids is 1. The van der Waals surface area contributed by atoms with Crippen LogP contribution in [0, 0.1) is 11.7 Å². The van der Waals surface area contributed by atoms with E-state index in [-0.39, 0.29) is 11.7 Å². The molecule has 4 nitrogen and oxygen atoms in total. The molecule has 1 fully saturated rings. The molecule has 0 unspecified atom stereocenters. The van der Waals surface area contributed by atoms with Crippen LogP contribution in [0.2, 0.25) is 0 Å². The van der Waals surface area contributed by atoms with Crippen molar-refractivity contribution < 1.29 is 13.9 Å². The third-order valence-electron chi connectivity index (χ3n) is 6.99. The highest BCUT2D eigenvalue weighted by Gasteiger charge is 2.25. The van der Waals surface area contributed by atoms with E-state index in [9.17, 15) is 9.18 Å². The molecule has 2 aromatic rings. The minimum atomic E-state index is -0.585. The maximum absolute atomic E-state index is 14.7. The van der Waals surface area contributed by atoms with Gasteiger partial charge in [0, 0.05) is 18.0 Å². The molecule has 5 heteroatoms. The van der Waals surface area contributed by atoms with E-state index in [4.69, 9.17) is 4.74 Å². The minimum absolute atomic E-state index is 0.0185. The predicted molar refractivity (Wildman–Crippen MR) is 135 cm³/mol. The highest BCUT2D eigenvalue weighted by atomic mass is 19.1. The molecule has 186 valence electrons. The van der Waals surface area contributed by atoms with Crippen LogP contribution in [0.15, 0.2) is 30.6 Å². The number of halogens is 1.